The minimum absolute atomic E-state index is 0.0205. The van der Waals surface area contributed by atoms with E-state index in [-0.39, 0.29) is 17.9 Å². The number of nitrogens with one attached hydrogen (secondary N) is 2. The quantitative estimate of drug-likeness (QED) is 0.565. The number of amides is 2. The maximum Gasteiger partial charge on any atom is 0.407 e. The Bertz CT molecular complexity index is 1010. The summed E-state index contributed by atoms with van der Waals surface area (Å²) in [6.45, 7) is 4.81. The zero-order valence-corrected chi connectivity index (χ0v) is 19.0. The number of carbonyl (C=O) groups is 3. The molecule has 1 saturated carbocycles. The molecule has 7 nitrogen and oxygen atoms in total. The summed E-state index contributed by atoms with van der Waals surface area (Å²) in [4.78, 5) is 36.4. The molecule has 0 aliphatic heterocycles. The lowest BCUT2D eigenvalue weighted by molar-refractivity contribution is -0.140. The first-order valence-electron chi connectivity index (χ1n) is 11.4. The van der Waals surface area contributed by atoms with Crippen molar-refractivity contribution in [2.24, 2.45) is 11.3 Å². The van der Waals surface area contributed by atoms with Crippen molar-refractivity contribution in [1.82, 2.24) is 10.6 Å². The molecule has 33 heavy (non-hydrogen) atoms. The maximum absolute atomic E-state index is 12.6. The Balaban J connectivity index is 1.37. The van der Waals surface area contributed by atoms with Gasteiger partial charge in [0.05, 0.1) is 6.42 Å². The highest BCUT2D eigenvalue weighted by atomic mass is 16.5. The Labute approximate surface area is 193 Å². The molecule has 7 heteroatoms. The average Bonchev–Trinajstić information content (AvgIpc) is 3.08. The van der Waals surface area contributed by atoms with Crippen LogP contribution >= 0.6 is 0 Å². The number of fused-ring (bicyclic) bond motifs is 3. The number of rotatable bonds is 8. The van der Waals surface area contributed by atoms with E-state index in [1.54, 1.807) is 0 Å². The van der Waals surface area contributed by atoms with Gasteiger partial charge in [0.15, 0.2) is 0 Å². The summed E-state index contributed by atoms with van der Waals surface area (Å²) in [5.41, 5.74) is 4.41. The second kappa shape index (κ2) is 9.25. The van der Waals surface area contributed by atoms with Gasteiger partial charge in [-0.15, -0.1) is 0 Å². The first kappa shape index (κ1) is 22.8. The van der Waals surface area contributed by atoms with Crippen LogP contribution in [-0.4, -0.2) is 42.3 Å². The molecule has 174 valence electrons. The molecule has 0 aromatic heterocycles. The van der Waals surface area contributed by atoms with E-state index >= 15 is 0 Å². The molecule has 3 N–H and O–H groups in total. The second-order valence-corrected chi connectivity index (χ2v) is 9.66. The summed E-state index contributed by atoms with van der Waals surface area (Å²) < 4.78 is 5.47. The minimum Gasteiger partial charge on any atom is -0.481 e. The number of hydrogen-bond acceptors (Lipinski definition) is 4. The number of carboxylic acids is 1. The molecule has 0 spiro atoms. The molecular formula is C26H30N2O5. The van der Waals surface area contributed by atoms with Crippen molar-refractivity contribution >= 4 is 18.0 Å². The van der Waals surface area contributed by atoms with Gasteiger partial charge in [0.1, 0.15) is 12.6 Å². The third-order valence-corrected chi connectivity index (χ3v) is 6.70. The normalized spacial score (nSPS) is 21.8. The van der Waals surface area contributed by atoms with Gasteiger partial charge in [0.25, 0.3) is 0 Å². The molecule has 2 aliphatic carbocycles. The van der Waals surface area contributed by atoms with Gasteiger partial charge in [-0.3, -0.25) is 9.59 Å². The van der Waals surface area contributed by atoms with Crippen molar-refractivity contribution in [2.45, 2.75) is 45.1 Å². The van der Waals surface area contributed by atoms with Crippen molar-refractivity contribution < 1.29 is 24.2 Å². The predicted molar refractivity (Wildman–Crippen MR) is 124 cm³/mol. The first-order chi connectivity index (χ1) is 15.8. The van der Waals surface area contributed by atoms with Gasteiger partial charge in [0, 0.05) is 12.5 Å². The first-order valence-corrected chi connectivity index (χ1v) is 11.4. The molecule has 1 atom stereocenters. The van der Waals surface area contributed by atoms with Gasteiger partial charge < -0.3 is 20.5 Å². The molecule has 0 bridgehead atoms. The molecule has 2 aromatic carbocycles. The van der Waals surface area contributed by atoms with Gasteiger partial charge >= 0.3 is 12.1 Å². The highest BCUT2D eigenvalue weighted by Crippen LogP contribution is 2.45. The monoisotopic (exact) mass is 450 g/mol. The fourth-order valence-electron chi connectivity index (χ4n) is 5.36. The number of carboxylic acid groups (broad SMARTS) is 1. The summed E-state index contributed by atoms with van der Waals surface area (Å²) in [6.07, 6.45) is 0.706. The molecule has 2 aromatic rings. The lowest BCUT2D eigenvalue weighted by Crippen LogP contribution is -2.51. The van der Waals surface area contributed by atoms with E-state index in [4.69, 9.17) is 4.74 Å². The van der Waals surface area contributed by atoms with Crippen molar-refractivity contribution in [2.75, 3.05) is 13.2 Å². The number of carbonyl (C=O) groups excluding carboxylic acids is 2. The van der Waals surface area contributed by atoms with Crippen LogP contribution in [0.15, 0.2) is 48.5 Å². The number of aliphatic carboxylic acids is 1. The lowest BCUT2D eigenvalue weighted by Gasteiger charge is -2.44. The molecular weight excluding hydrogens is 420 g/mol. The van der Waals surface area contributed by atoms with E-state index in [9.17, 15) is 19.5 Å². The van der Waals surface area contributed by atoms with Crippen LogP contribution in [0.3, 0.4) is 0 Å². The average molecular weight is 451 g/mol. The summed E-state index contributed by atoms with van der Waals surface area (Å²) in [6, 6.07) is 14.8. The van der Waals surface area contributed by atoms with Gasteiger partial charge in [-0.1, -0.05) is 62.4 Å². The second-order valence-electron chi connectivity index (χ2n) is 9.66. The van der Waals surface area contributed by atoms with Gasteiger partial charge in [0.2, 0.25) is 5.91 Å². The van der Waals surface area contributed by atoms with Crippen LogP contribution in [0.5, 0.6) is 0 Å². The SMILES string of the molecule is CC1CC(C)(CNC(=O)C(CC(=O)O)NC(=O)OCC2c3ccccc3-c3ccccc32)C1. The minimum atomic E-state index is -1.20. The third kappa shape index (κ3) is 5.02. The van der Waals surface area contributed by atoms with E-state index in [1.807, 2.05) is 48.5 Å². The third-order valence-electron chi connectivity index (χ3n) is 6.70. The smallest absolute Gasteiger partial charge is 0.407 e. The standard InChI is InChI=1S/C26H30N2O5/c1-16-12-26(2,13-16)15-27-24(31)22(11-23(29)30)28-25(32)33-14-21-19-9-5-3-7-17(19)18-8-4-6-10-20(18)21/h3-10,16,21-22H,11-15H2,1-2H3,(H,27,31)(H,28,32)(H,29,30). The summed E-state index contributed by atoms with van der Waals surface area (Å²) in [5, 5.41) is 14.5. The van der Waals surface area contributed by atoms with Crippen LogP contribution < -0.4 is 10.6 Å². The molecule has 0 saturated heterocycles. The zero-order chi connectivity index (χ0) is 23.6. The number of benzene rings is 2. The Morgan fingerprint density at radius 2 is 1.64 bits per heavy atom. The van der Waals surface area contributed by atoms with Crippen molar-refractivity contribution in [3.8, 4) is 11.1 Å². The maximum atomic E-state index is 12.6. The summed E-state index contributed by atoms with van der Waals surface area (Å²) >= 11 is 0. The van der Waals surface area contributed by atoms with Gasteiger partial charge in [-0.05, 0) is 46.4 Å². The number of ether oxygens (including phenoxy) is 1. The van der Waals surface area contributed by atoms with Crippen molar-refractivity contribution in [3.63, 3.8) is 0 Å². The van der Waals surface area contributed by atoms with E-state index in [0.717, 1.165) is 35.1 Å². The van der Waals surface area contributed by atoms with Crippen molar-refractivity contribution in [1.29, 1.82) is 0 Å². The molecule has 4 rings (SSSR count). The van der Waals surface area contributed by atoms with Crippen LogP contribution in [0.25, 0.3) is 11.1 Å². The van der Waals surface area contributed by atoms with Gasteiger partial charge in [-0.2, -0.15) is 0 Å². The van der Waals surface area contributed by atoms with E-state index in [0.29, 0.717) is 12.5 Å². The molecule has 0 heterocycles. The molecule has 0 radical (unpaired) electrons. The molecule has 2 aliphatic rings. The van der Waals surface area contributed by atoms with E-state index in [2.05, 4.69) is 24.5 Å². The van der Waals surface area contributed by atoms with Crippen LogP contribution in [0.2, 0.25) is 0 Å². The largest absolute Gasteiger partial charge is 0.481 e. The fourth-order valence-corrected chi connectivity index (χ4v) is 5.36. The summed E-state index contributed by atoms with van der Waals surface area (Å²) in [5.74, 6) is -1.17. The molecule has 1 unspecified atom stereocenters. The Morgan fingerprint density at radius 1 is 1.06 bits per heavy atom. The lowest BCUT2D eigenvalue weighted by atomic mass is 9.64. The molecule has 2 amide bonds. The number of hydrogen-bond donors (Lipinski definition) is 3. The number of alkyl carbamates (subject to hydrolysis) is 1. The van der Waals surface area contributed by atoms with E-state index in [1.165, 1.54) is 0 Å². The van der Waals surface area contributed by atoms with Crippen molar-refractivity contribution in [3.05, 3.63) is 59.7 Å². The summed E-state index contributed by atoms with van der Waals surface area (Å²) in [7, 11) is 0. The fraction of sp³-hybridized carbons (Fsp3) is 0.423. The Kier molecular flexibility index (Phi) is 6.40. The van der Waals surface area contributed by atoms with E-state index < -0.39 is 30.4 Å². The highest BCUT2D eigenvalue weighted by molar-refractivity contribution is 5.89. The van der Waals surface area contributed by atoms with Crippen LogP contribution in [-0.2, 0) is 14.3 Å². The van der Waals surface area contributed by atoms with Crippen LogP contribution in [0.1, 0.15) is 50.2 Å². The van der Waals surface area contributed by atoms with Crippen LogP contribution in [0, 0.1) is 11.3 Å². The zero-order valence-electron chi connectivity index (χ0n) is 19.0. The topological polar surface area (TPSA) is 105 Å². The van der Waals surface area contributed by atoms with Gasteiger partial charge in [-0.25, -0.2) is 4.79 Å². The van der Waals surface area contributed by atoms with Crippen LogP contribution in [0.4, 0.5) is 4.79 Å². The predicted octanol–water partition coefficient (Wildman–Crippen LogP) is 3.92. The Morgan fingerprint density at radius 3 is 2.18 bits per heavy atom. The molecule has 1 fully saturated rings. The highest BCUT2D eigenvalue weighted by Gasteiger charge is 2.38. The Hall–Kier alpha value is -3.35.